The minimum Gasteiger partial charge on any atom is -0.0654 e. The molecule has 7 unspecified atom stereocenters. The van der Waals surface area contributed by atoms with Crippen molar-refractivity contribution in [2.45, 2.75) is 144 Å². The number of fused-ring (bicyclic) bond motifs is 1. The fraction of sp³-hybridized carbons (Fsp3) is 1.00. The minimum atomic E-state index is 0.938. The SMILES string of the molecule is CCCCCCC(C(C)CC)C1CCC(C2C(CC)C(CC)CC3CCCCC32)CC1. The summed E-state index contributed by atoms with van der Waals surface area (Å²) in [5, 5.41) is 0. The van der Waals surface area contributed by atoms with Crippen molar-refractivity contribution in [1.82, 2.24) is 0 Å². The molecule has 0 heteroatoms. The highest BCUT2D eigenvalue weighted by atomic mass is 14.5. The maximum absolute atomic E-state index is 2.57. The summed E-state index contributed by atoms with van der Waals surface area (Å²) >= 11 is 0. The Hall–Kier alpha value is 0. The smallest absolute Gasteiger partial charge is 0.0324 e. The Kier molecular flexibility index (Phi) is 10.8. The Morgan fingerprint density at radius 2 is 1.48 bits per heavy atom. The summed E-state index contributed by atoms with van der Waals surface area (Å²) in [5.41, 5.74) is 0. The van der Waals surface area contributed by atoms with Crippen LogP contribution in [-0.4, -0.2) is 0 Å². The molecule has 0 aromatic heterocycles. The summed E-state index contributed by atoms with van der Waals surface area (Å²) in [5.74, 6) is 9.43. The highest BCUT2D eigenvalue weighted by Crippen LogP contribution is 2.56. The molecule has 0 radical (unpaired) electrons. The van der Waals surface area contributed by atoms with Crippen molar-refractivity contribution < 1.29 is 0 Å². The van der Waals surface area contributed by atoms with Crippen LogP contribution < -0.4 is 0 Å². The van der Waals surface area contributed by atoms with E-state index in [1.165, 1.54) is 64.2 Å². The van der Waals surface area contributed by atoms with Gasteiger partial charge in [-0.1, -0.05) is 98.8 Å². The molecular weight excluding hydrogens is 372 g/mol. The van der Waals surface area contributed by atoms with Gasteiger partial charge in [-0.15, -0.1) is 0 Å². The Balaban J connectivity index is 1.63. The largest absolute Gasteiger partial charge is 0.0654 e. The van der Waals surface area contributed by atoms with Gasteiger partial charge in [0.05, 0.1) is 0 Å². The van der Waals surface area contributed by atoms with Gasteiger partial charge >= 0.3 is 0 Å². The van der Waals surface area contributed by atoms with Crippen molar-refractivity contribution in [3.63, 3.8) is 0 Å². The first-order valence-corrected chi connectivity index (χ1v) is 15.1. The zero-order chi connectivity index (χ0) is 22.2. The third-order valence-corrected chi connectivity index (χ3v) is 10.9. The Labute approximate surface area is 197 Å². The van der Waals surface area contributed by atoms with Crippen LogP contribution in [-0.2, 0) is 0 Å². The van der Waals surface area contributed by atoms with Crippen LogP contribution in [0.2, 0.25) is 0 Å². The molecule has 0 amide bonds. The predicted molar refractivity (Wildman–Crippen MR) is 138 cm³/mol. The minimum absolute atomic E-state index is 0.938. The van der Waals surface area contributed by atoms with E-state index in [9.17, 15) is 0 Å². The van der Waals surface area contributed by atoms with E-state index in [0.29, 0.717) is 0 Å². The molecule has 0 aliphatic heterocycles. The van der Waals surface area contributed by atoms with E-state index < -0.39 is 0 Å². The van der Waals surface area contributed by atoms with Crippen molar-refractivity contribution in [3.8, 4) is 0 Å². The quantitative estimate of drug-likeness (QED) is 0.286. The average Bonchev–Trinajstić information content (AvgIpc) is 2.82. The van der Waals surface area contributed by atoms with Crippen LogP contribution in [0.4, 0.5) is 0 Å². The number of hydrogen-bond acceptors (Lipinski definition) is 0. The molecule has 0 N–H and O–H groups in total. The molecule has 3 saturated carbocycles. The van der Waals surface area contributed by atoms with E-state index in [1.54, 1.807) is 44.9 Å². The van der Waals surface area contributed by atoms with Crippen LogP contribution in [0.25, 0.3) is 0 Å². The summed E-state index contributed by atoms with van der Waals surface area (Å²) in [4.78, 5) is 0. The fourth-order valence-corrected chi connectivity index (χ4v) is 9.06. The first-order chi connectivity index (χ1) is 15.1. The summed E-state index contributed by atoms with van der Waals surface area (Å²) in [7, 11) is 0. The van der Waals surface area contributed by atoms with Crippen molar-refractivity contribution in [2.75, 3.05) is 0 Å². The van der Waals surface area contributed by atoms with Gasteiger partial charge < -0.3 is 0 Å². The Morgan fingerprint density at radius 3 is 2.13 bits per heavy atom. The van der Waals surface area contributed by atoms with Gasteiger partial charge in [-0.25, -0.2) is 0 Å². The molecule has 0 aromatic rings. The Bertz CT molecular complexity index is 466. The van der Waals surface area contributed by atoms with Crippen molar-refractivity contribution in [3.05, 3.63) is 0 Å². The van der Waals surface area contributed by atoms with Gasteiger partial charge in [0.2, 0.25) is 0 Å². The first-order valence-electron chi connectivity index (χ1n) is 15.1. The van der Waals surface area contributed by atoms with Crippen LogP contribution in [0, 0.1) is 53.3 Å². The molecule has 0 nitrogen and oxygen atoms in total. The van der Waals surface area contributed by atoms with Gasteiger partial charge in [0.15, 0.2) is 0 Å². The highest BCUT2D eigenvalue weighted by Gasteiger charge is 2.47. The van der Waals surface area contributed by atoms with E-state index in [4.69, 9.17) is 0 Å². The molecule has 31 heavy (non-hydrogen) atoms. The van der Waals surface area contributed by atoms with Crippen molar-refractivity contribution in [2.24, 2.45) is 53.3 Å². The molecule has 0 heterocycles. The molecule has 182 valence electrons. The van der Waals surface area contributed by atoms with Gasteiger partial charge in [-0.3, -0.25) is 0 Å². The van der Waals surface area contributed by atoms with Crippen LogP contribution in [0.5, 0.6) is 0 Å². The summed E-state index contributed by atoms with van der Waals surface area (Å²) in [6.07, 6.45) is 25.7. The molecule has 7 atom stereocenters. The van der Waals surface area contributed by atoms with Crippen LogP contribution in [0.1, 0.15) is 144 Å². The monoisotopic (exact) mass is 430 g/mol. The molecule has 0 saturated heterocycles. The standard InChI is InChI=1S/C31H58/c1-6-10-11-12-16-29(23(5)7-2)25-18-20-26(21-19-25)31-28(9-4)24(8-3)22-27-15-13-14-17-30(27)31/h23-31H,6-22H2,1-5H3. The predicted octanol–water partition coefficient (Wildman–Crippen LogP) is 10.3. The van der Waals surface area contributed by atoms with E-state index in [1.807, 2.05) is 0 Å². The lowest BCUT2D eigenvalue weighted by atomic mass is 9.52. The third kappa shape index (κ3) is 6.32. The van der Waals surface area contributed by atoms with Gasteiger partial charge in [-0.2, -0.15) is 0 Å². The van der Waals surface area contributed by atoms with Crippen molar-refractivity contribution >= 4 is 0 Å². The van der Waals surface area contributed by atoms with Gasteiger partial charge in [0, 0.05) is 0 Å². The van der Waals surface area contributed by atoms with Gasteiger partial charge in [0.1, 0.15) is 0 Å². The van der Waals surface area contributed by atoms with E-state index in [2.05, 4.69) is 34.6 Å². The molecule has 3 rings (SSSR count). The van der Waals surface area contributed by atoms with Crippen molar-refractivity contribution in [1.29, 1.82) is 0 Å². The van der Waals surface area contributed by atoms with E-state index >= 15 is 0 Å². The summed E-state index contributed by atoms with van der Waals surface area (Å²) < 4.78 is 0. The molecule has 0 spiro atoms. The lowest BCUT2D eigenvalue weighted by Gasteiger charge is -2.53. The molecule has 3 fully saturated rings. The number of hydrogen-bond donors (Lipinski definition) is 0. The van der Waals surface area contributed by atoms with Gasteiger partial charge in [-0.05, 0) is 98.2 Å². The molecule has 0 aromatic carbocycles. The highest BCUT2D eigenvalue weighted by molar-refractivity contribution is 4.97. The Morgan fingerprint density at radius 1 is 0.742 bits per heavy atom. The van der Waals surface area contributed by atoms with E-state index in [0.717, 1.165) is 53.3 Å². The normalized spacial score (nSPS) is 38.4. The molecule has 3 aliphatic carbocycles. The second-order valence-corrected chi connectivity index (χ2v) is 12.3. The van der Waals surface area contributed by atoms with E-state index in [-0.39, 0.29) is 0 Å². The lowest BCUT2D eigenvalue weighted by molar-refractivity contribution is -0.0409. The lowest BCUT2D eigenvalue weighted by Crippen LogP contribution is -2.45. The molecular formula is C31H58. The van der Waals surface area contributed by atoms with Gasteiger partial charge in [0.25, 0.3) is 0 Å². The summed E-state index contributed by atoms with van der Waals surface area (Å²) in [6, 6.07) is 0. The maximum atomic E-state index is 2.57. The second kappa shape index (κ2) is 13.0. The summed E-state index contributed by atoms with van der Waals surface area (Å²) in [6.45, 7) is 12.4. The number of unbranched alkanes of at least 4 members (excludes halogenated alkanes) is 3. The molecule has 3 aliphatic rings. The first kappa shape index (κ1) is 25.6. The third-order valence-electron chi connectivity index (χ3n) is 10.9. The topological polar surface area (TPSA) is 0 Å². The van der Waals surface area contributed by atoms with Crippen LogP contribution in [0.15, 0.2) is 0 Å². The average molecular weight is 431 g/mol. The van der Waals surface area contributed by atoms with Crippen LogP contribution >= 0.6 is 0 Å². The second-order valence-electron chi connectivity index (χ2n) is 12.3. The molecule has 0 bridgehead atoms. The number of rotatable bonds is 11. The maximum Gasteiger partial charge on any atom is -0.0324 e. The fourth-order valence-electron chi connectivity index (χ4n) is 9.06. The zero-order valence-electron chi connectivity index (χ0n) is 22.2. The zero-order valence-corrected chi connectivity index (χ0v) is 22.2. The van der Waals surface area contributed by atoms with Crippen LogP contribution in [0.3, 0.4) is 0 Å².